The molecule has 1 aromatic carbocycles. The summed E-state index contributed by atoms with van der Waals surface area (Å²) in [5.74, 6) is 2.27. The highest BCUT2D eigenvalue weighted by atomic mass is 16.5. The first-order valence-corrected chi connectivity index (χ1v) is 7.70. The van der Waals surface area contributed by atoms with Gasteiger partial charge >= 0.3 is 0 Å². The number of rotatable bonds is 6. The fraction of sp³-hybridized carbons (Fsp3) is 0.412. The summed E-state index contributed by atoms with van der Waals surface area (Å²) in [6.07, 6.45) is 6.86. The normalized spacial score (nSPS) is 16.3. The maximum Gasteiger partial charge on any atom is 0.264 e. The van der Waals surface area contributed by atoms with Gasteiger partial charge in [0.25, 0.3) is 5.89 Å². The van der Waals surface area contributed by atoms with Gasteiger partial charge in [0.2, 0.25) is 0 Å². The Morgan fingerprint density at radius 2 is 2.17 bits per heavy atom. The molecular formula is C17H21N3O3. The van der Waals surface area contributed by atoms with Crippen LogP contribution in [-0.2, 0) is 12.1 Å². The van der Waals surface area contributed by atoms with E-state index in [0.717, 1.165) is 24.8 Å². The Balaban J connectivity index is 1.68. The summed E-state index contributed by atoms with van der Waals surface area (Å²) in [4.78, 5) is 4.34. The lowest BCUT2D eigenvalue weighted by atomic mass is 9.77. The zero-order valence-corrected chi connectivity index (χ0v) is 13.4. The number of nitrogens with two attached hydrogens (primary N) is 1. The van der Waals surface area contributed by atoms with Crippen LogP contribution in [0.15, 0.2) is 28.8 Å². The summed E-state index contributed by atoms with van der Waals surface area (Å²) in [6.45, 7) is 2.15. The lowest BCUT2D eigenvalue weighted by Gasteiger charge is -2.34. The second kappa shape index (κ2) is 6.42. The molecule has 1 aliphatic rings. The maximum absolute atomic E-state index is 6.18. The van der Waals surface area contributed by atoms with Crippen molar-refractivity contribution in [3.05, 3.63) is 41.6 Å². The summed E-state index contributed by atoms with van der Waals surface area (Å²) in [5, 5.41) is 3.97. The SMILES string of the molecule is C/C=C/c1ccc(OCc2nc(C3(N)CCC3)no2)c(OC)c1. The smallest absolute Gasteiger partial charge is 0.264 e. The number of aromatic nitrogens is 2. The van der Waals surface area contributed by atoms with E-state index >= 15 is 0 Å². The van der Waals surface area contributed by atoms with Crippen LogP contribution in [0.25, 0.3) is 6.08 Å². The number of allylic oxidation sites excluding steroid dienone is 1. The van der Waals surface area contributed by atoms with Gasteiger partial charge in [-0.25, -0.2) is 0 Å². The number of nitrogens with zero attached hydrogens (tertiary/aromatic N) is 2. The van der Waals surface area contributed by atoms with Crippen LogP contribution >= 0.6 is 0 Å². The van der Waals surface area contributed by atoms with E-state index in [2.05, 4.69) is 10.1 Å². The van der Waals surface area contributed by atoms with Crippen LogP contribution < -0.4 is 15.2 Å². The van der Waals surface area contributed by atoms with Crippen LogP contribution in [-0.4, -0.2) is 17.3 Å². The van der Waals surface area contributed by atoms with Crippen molar-refractivity contribution in [3.8, 4) is 11.5 Å². The van der Waals surface area contributed by atoms with Gasteiger partial charge < -0.3 is 19.7 Å². The van der Waals surface area contributed by atoms with Crippen molar-refractivity contribution in [1.82, 2.24) is 10.1 Å². The molecule has 2 N–H and O–H groups in total. The van der Waals surface area contributed by atoms with Crippen LogP contribution in [0.4, 0.5) is 0 Å². The van der Waals surface area contributed by atoms with E-state index in [1.807, 2.05) is 37.3 Å². The van der Waals surface area contributed by atoms with Gasteiger partial charge in [-0.1, -0.05) is 23.4 Å². The number of ether oxygens (including phenoxy) is 2. The Kier molecular flexibility index (Phi) is 4.34. The highest BCUT2D eigenvalue weighted by molar-refractivity contribution is 5.55. The minimum absolute atomic E-state index is 0.183. The summed E-state index contributed by atoms with van der Waals surface area (Å²) >= 11 is 0. The molecule has 0 saturated heterocycles. The molecule has 6 nitrogen and oxygen atoms in total. The van der Waals surface area contributed by atoms with Gasteiger partial charge in [0.15, 0.2) is 23.9 Å². The predicted molar refractivity (Wildman–Crippen MR) is 86.0 cm³/mol. The van der Waals surface area contributed by atoms with Crippen LogP contribution in [0.5, 0.6) is 11.5 Å². The molecule has 0 amide bonds. The number of methoxy groups -OCH3 is 1. The van der Waals surface area contributed by atoms with Crippen LogP contribution in [0.1, 0.15) is 43.5 Å². The first-order valence-electron chi connectivity index (χ1n) is 7.70. The van der Waals surface area contributed by atoms with E-state index in [1.165, 1.54) is 0 Å². The van der Waals surface area contributed by atoms with Crippen LogP contribution in [0, 0.1) is 0 Å². The topological polar surface area (TPSA) is 83.4 Å². The van der Waals surface area contributed by atoms with Gasteiger partial charge in [-0.15, -0.1) is 0 Å². The van der Waals surface area contributed by atoms with Crippen molar-refractivity contribution in [2.45, 2.75) is 38.3 Å². The first-order chi connectivity index (χ1) is 11.1. The number of hydrogen-bond donors (Lipinski definition) is 1. The zero-order valence-electron chi connectivity index (χ0n) is 13.4. The quantitative estimate of drug-likeness (QED) is 0.882. The lowest BCUT2D eigenvalue weighted by Crippen LogP contribution is -2.44. The van der Waals surface area contributed by atoms with E-state index in [-0.39, 0.29) is 6.61 Å². The molecule has 0 radical (unpaired) electrons. The van der Waals surface area contributed by atoms with E-state index in [4.69, 9.17) is 19.7 Å². The van der Waals surface area contributed by atoms with Crippen molar-refractivity contribution < 1.29 is 14.0 Å². The minimum atomic E-state index is -0.423. The van der Waals surface area contributed by atoms with E-state index < -0.39 is 5.54 Å². The minimum Gasteiger partial charge on any atom is -0.493 e. The third kappa shape index (κ3) is 3.22. The third-order valence-electron chi connectivity index (χ3n) is 4.06. The van der Waals surface area contributed by atoms with Gasteiger partial charge in [-0.3, -0.25) is 0 Å². The summed E-state index contributed by atoms with van der Waals surface area (Å²) in [6, 6.07) is 5.74. The summed E-state index contributed by atoms with van der Waals surface area (Å²) in [5.41, 5.74) is 6.81. The molecule has 0 bridgehead atoms. The van der Waals surface area contributed by atoms with Crippen molar-refractivity contribution in [1.29, 1.82) is 0 Å². The van der Waals surface area contributed by atoms with Gasteiger partial charge in [0, 0.05) is 0 Å². The lowest BCUT2D eigenvalue weighted by molar-refractivity contribution is 0.220. The molecular weight excluding hydrogens is 294 g/mol. The molecule has 0 spiro atoms. The average Bonchev–Trinajstić information content (AvgIpc) is 3.00. The van der Waals surface area contributed by atoms with Crippen molar-refractivity contribution in [2.24, 2.45) is 5.73 Å². The van der Waals surface area contributed by atoms with Crippen molar-refractivity contribution >= 4 is 6.08 Å². The third-order valence-corrected chi connectivity index (χ3v) is 4.06. The summed E-state index contributed by atoms with van der Waals surface area (Å²) in [7, 11) is 1.61. The molecule has 1 heterocycles. The van der Waals surface area contributed by atoms with E-state index in [1.54, 1.807) is 7.11 Å². The molecule has 1 aliphatic carbocycles. The van der Waals surface area contributed by atoms with E-state index in [0.29, 0.717) is 23.2 Å². The van der Waals surface area contributed by atoms with E-state index in [9.17, 15) is 0 Å². The highest BCUT2D eigenvalue weighted by Gasteiger charge is 2.39. The highest BCUT2D eigenvalue weighted by Crippen LogP contribution is 2.37. The second-order valence-electron chi connectivity index (χ2n) is 5.72. The molecule has 0 atom stereocenters. The molecule has 1 aromatic heterocycles. The largest absolute Gasteiger partial charge is 0.493 e. The Morgan fingerprint density at radius 1 is 1.35 bits per heavy atom. The summed E-state index contributed by atoms with van der Waals surface area (Å²) < 4.78 is 16.3. The molecule has 3 rings (SSSR count). The number of hydrogen-bond acceptors (Lipinski definition) is 6. The van der Waals surface area contributed by atoms with Gasteiger partial charge in [0.1, 0.15) is 0 Å². The number of benzene rings is 1. The molecule has 0 unspecified atom stereocenters. The molecule has 122 valence electrons. The predicted octanol–water partition coefficient (Wildman–Crippen LogP) is 3.03. The molecule has 1 fully saturated rings. The monoisotopic (exact) mass is 315 g/mol. The molecule has 23 heavy (non-hydrogen) atoms. The zero-order chi connectivity index (χ0) is 16.3. The Hall–Kier alpha value is -2.34. The van der Waals surface area contributed by atoms with Crippen LogP contribution in [0.2, 0.25) is 0 Å². The maximum atomic E-state index is 6.18. The van der Waals surface area contributed by atoms with Crippen molar-refractivity contribution in [2.75, 3.05) is 7.11 Å². The molecule has 6 heteroatoms. The fourth-order valence-electron chi connectivity index (χ4n) is 2.54. The molecule has 1 saturated carbocycles. The van der Waals surface area contributed by atoms with Gasteiger partial charge in [0.05, 0.1) is 12.6 Å². The van der Waals surface area contributed by atoms with Gasteiger partial charge in [-0.2, -0.15) is 4.98 Å². The van der Waals surface area contributed by atoms with Crippen molar-refractivity contribution in [3.63, 3.8) is 0 Å². The average molecular weight is 315 g/mol. The van der Waals surface area contributed by atoms with Gasteiger partial charge in [-0.05, 0) is 43.9 Å². The Bertz CT molecular complexity index is 705. The Labute approximate surface area is 135 Å². The Morgan fingerprint density at radius 3 is 2.83 bits per heavy atom. The second-order valence-corrected chi connectivity index (χ2v) is 5.72. The molecule has 0 aliphatic heterocycles. The van der Waals surface area contributed by atoms with Crippen LogP contribution in [0.3, 0.4) is 0 Å². The first kappa shape index (κ1) is 15.6. The fourth-order valence-corrected chi connectivity index (χ4v) is 2.54. The molecule has 2 aromatic rings. The standard InChI is InChI=1S/C17H21N3O3/c1-3-5-12-6-7-13(14(10-12)21-2)22-11-15-19-16(20-23-15)17(18)8-4-9-17/h3,5-7,10H,4,8-9,11,18H2,1-2H3/b5-3+.